The summed E-state index contributed by atoms with van der Waals surface area (Å²) in [5.41, 5.74) is 0.0262. The number of nitrogens with zero attached hydrogens (tertiary/aromatic N) is 7. The van der Waals surface area contributed by atoms with Crippen molar-refractivity contribution in [2.45, 2.75) is 38.0 Å². The van der Waals surface area contributed by atoms with Gasteiger partial charge in [-0.25, -0.2) is 0 Å². The lowest BCUT2D eigenvalue weighted by Crippen LogP contribution is -2.54. The van der Waals surface area contributed by atoms with Crippen molar-refractivity contribution in [3.8, 4) is 0 Å². The smallest absolute Gasteiger partial charge is 0.368 e. The van der Waals surface area contributed by atoms with Crippen LogP contribution in [0.4, 0.5) is 19.0 Å². The van der Waals surface area contributed by atoms with Crippen LogP contribution in [0, 0.1) is 5.92 Å². The van der Waals surface area contributed by atoms with Gasteiger partial charge < -0.3 is 19.4 Å². The number of carbonyl (C=O) groups excluding carboxylic acids is 2. The van der Waals surface area contributed by atoms with Gasteiger partial charge in [0, 0.05) is 51.8 Å². The molecular formula is C21H26F3N7O3. The molecule has 0 aromatic carbocycles. The number of piperazine rings is 1. The van der Waals surface area contributed by atoms with Gasteiger partial charge in [0.25, 0.3) is 11.7 Å². The third kappa shape index (κ3) is 4.40. The number of alkyl halides is 3. The Hall–Kier alpha value is -2.96. The third-order valence-corrected chi connectivity index (χ3v) is 6.78. The van der Waals surface area contributed by atoms with E-state index in [1.54, 1.807) is 11.0 Å². The number of hydrogen-bond acceptors (Lipinski definition) is 7. The molecular weight excluding hydrogens is 455 g/mol. The van der Waals surface area contributed by atoms with E-state index in [-0.39, 0.29) is 29.5 Å². The second kappa shape index (κ2) is 9.01. The van der Waals surface area contributed by atoms with Crippen LogP contribution in [0.25, 0.3) is 5.65 Å². The molecule has 2 aromatic heterocycles. The first-order valence-corrected chi connectivity index (χ1v) is 11.5. The van der Waals surface area contributed by atoms with Crippen molar-refractivity contribution < 1.29 is 27.5 Å². The molecule has 3 aliphatic heterocycles. The molecule has 34 heavy (non-hydrogen) atoms. The summed E-state index contributed by atoms with van der Waals surface area (Å²) in [6.07, 6.45) is -2.16. The molecule has 10 nitrogen and oxygen atoms in total. The van der Waals surface area contributed by atoms with Gasteiger partial charge in [0.05, 0.1) is 0 Å². The molecule has 0 aliphatic carbocycles. The molecule has 184 valence electrons. The van der Waals surface area contributed by atoms with Crippen molar-refractivity contribution >= 4 is 23.3 Å². The van der Waals surface area contributed by atoms with Crippen molar-refractivity contribution in [3.63, 3.8) is 0 Å². The van der Waals surface area contributed by atoms with Crippen molar-refractivity contribution in [1.29, 1.82) is 0 Å². The van der Waals surface area contributed by atoms with E-state index in [1.807, 2.05) is 9.80 Å². The maximum atomic E-state index is 13.1. The van der Waals surface area contributed by atoms with Gasteiger partial charge >= 0.3 is 6.18 Å². The van der Waals surface area contributed by atoms with E-state index >= 15 is 0 Å². The molecule has 1 unspecified atom stereocenters. The summed E-state index contributed by atoms with van der Waals surface area (Å²) < 4.78 is 45.6. The summed E-state index contributed by atoms with van der Waals surface area (Å²) >= 11 is 0. The number of ether oxygens (including phenoxy) is 1. The van der Waals surface area contributed by atoms with Gasteiger partial charge in [-0.15, -0.1) is 15.3 Å². The largest absolute Gasteiger partial charge is 0.453 e. The Bertz CT molecular complexity index is 1050. The number of carbonyl (C=O) groups is 2. The molecule has 1 atom stereocenters. The summed E-state index contributed by atoms with van der Waals surface area (Å²) in [6.45, 7) is 3.67. The molecule has 0 spiro atoms. The molecule has 3 fully saturated rings. The van der Waals surface area contributed by atoms with Gasteiger partial charge in [-0.05, 0) is 37.8 Å². The van der Waals surface area contributed by atoms with Crippen molar-refractivity contribution in [2.24, 2.45) is 5.92 Å². The average Bonchev–Trinajstić information content (AvgIpc) is 3.53. The highest BCUT2D eigenvalue weighted by molar-refractivity contribution is 5.82. The SMILES string of the molecule is O=C(C1CCN(c2ccc3nnc(C(F)(F)F)n3n2)CC1)N1CCN(C(=O)C2CCCO2)CC1. The fraction of sp³-hybridized carbons (Fsp3) is 0.667. The zero-order valence-electron chi connectivity index (χ0n) is 18.6. The summed E-state index contributed by atoms with van der Waals surface area (Å²) in [5, 5.41) is 10.8. The van der Waals surface area contributed by atoms with E-state index in [9.17, 15) is 22.8 Å². The summed E-state index contributed by atoms with van der Waals surface area (Å²) in [5.74, 6) is -0.827. The van der Waals surface area contributed by atoms with E-state index in [2.05, 4.69) is 15.3 Å². The molecule has 0 radical (unpaired) electrons. The van der Waals surface area contributed by atoms with Crippen LogP contribution in [-0.4, -0.2) is 93.4 Å². The van der Waals surface area contributed by atoms with Crippen LogP contribution in [0.2, 0.25) is 0 Å². The van der Waals surface area contributed by atoms with Gasteiger partial charge in [0.1, 0.15) is 11.9 Å². The number of fused-ring (bicyclic) bond motifs is 1. The van der Waals surface area contributed by atoms with E-state index in [0.717, 1.165) is 12.8 Å². The van der Waals surface area contributed by atoms with E-state index in [0.29, 0.717) is 69.1 Å². The number of hydrogen-bond donors (Lipinski definition) is 0. The quantitative estimate of drug-likeness (QED) is 0.650. The summed E-state index contributed by atoms with van der Waals surface area (Å²) in [7, 11) is 0. The molecule has 3 aliphatic rings. The van der Waals surface area contributed by atoms with Crippen LogP contribution < -0.4 is 4.90 Å². The molecule has 0 bridgehead atoms. The maximum Gasteiger partial charge on any atom is 0.453 e. The lowest BCUT2D eigenvalue weighted by molar-refractivity contribution is -0.147. The highest BCUT2D eigenvalue weighted by atomic mass is 19.4. The predicted molar refractivity (Wildman–Crippen MR) is 113 cm³/mol. The number of aromatic nitrogens is 4. The van der Waals surface area contributed by atoms with Gasteiger partial charge in [-0.1, -0.05) is 0 Å². The molecule has 0 N–H and O–H groups in total. The van der Waals surface area contributed by atoms with Crippen LogP contribution in [0.5, 0.6) is 0 Å². The minimum Gasteiger partial charge on any atom is -0.368 e. The van der Waals surface area contributed by atoms with E-state index in [4.69, 9.17) is 4.74 Å². The topological polar surface area (TPSA) is 96.2 Å². The Morgan fingerprint density at radius 3 is 2.21 bits per heavy atom. The minimum absolute atomic E-state index is 0.0177. The Morgan fingerprint density at radius 1 is 0.912 bits per heavy atom. The molecule has 3 saturated heterocycles. The Morgan fingerprint density at radius 2 is 1.59 bits per heavy atom. The summed E-state index contributed by atoms with van der Waals surface area (Å²) in [6, 6.07) is 3.08. The van der Waals surface area contributed by atoms with Crippen LogP contribution in [-0.2, 0) is 20.5 Å². The Labute approximate surface area is 193 Å². The number of amides is 2. The zero-order valence-corrected chi connectivity index (χ0v) is 18.6. The highest BCUT2D eigenvalue weighted by Crippen LogP contribution is 2.29. The first-order valence-electron chi connectivity index (χ1n) is 11.5. The number of anilines is 1. The predicted octanol–water partition coefficient (Wildman–Crippen LogP) is 1.21. The van der Waals surface area contributed by atoms with Crippen molar-refractivity contribution in [1.82, 2.24) is 29.6 Å². The van der Waals surface area contributed by atoms with E-state index < -0.39 is 12.0 Å². The van der Waals surface area contributed by atoms with Crippen LogP contribution >= 0.6 is 0 Å². The fourth-order valence-electron chi connectivity index (χ4n) is 4.86. The first kappa shape index (κ1) is 22.8. The van der Waals surface area contributed by atoms with Crippen LogP contribution in [0.15, 0.2) is 12.1 Å². The Balaban J connectivity index is 1.16. The van der Waals surface area contributed by atoms with Crippen molar-refractivity contribution in [3.05, 3.63) is 18.0 Å². The molecule has 2 aromatic rings. The highest BCUT2D eigenvalue weighted by Gasteiger charge is 2.38. The second-order valence-corrected chi connectivity index (χ2v) is 8.90. The van der Waals surface area contributed by atoms with Gasteiger partial charge in [0.2, 0.25) is 5.91 Å². The lowest BCUT2D eigenvalue weighted by atomic mass is 9.95. The summed E-state index contributed by atoms with van der Waals surface area (Å²) in [4.78, 5) is 31.0. The molecule has 0 saturated carbocycles. The average molecular weight is 481 g/mol. The van der Waals surface area contributed by atoms with Gasteiger partial charge in [0.15, 0.2) is 5.65 Å². The first-order chi connectivity index (χ1) is 16.3. The van der Waals surface area contributed by atoms with Gasteiger partial charge in [-0.2, -0.15) is 17.7 Å². The lowest BCUT2D eigenvalue weighted by Gasteiger charge is -2.39. The maximum absolute atomic E-state index is 13.1. The second-order valence-electron chi connectivity index (χ2n) is 8.90. The normalized spacial score (nSPS) is 22.6. The molecule has 5 rings (SSSR count). The van der Waals surface area contributed by atoms with Crippen molar-refractivity contribution in [2.75, 3.05) is 50.8 Å². The number of piperidine rings is 1. The molecule has 2 amide bonds. The molecule has 5 heterocycles. The third-order valence-electron chi connectivity index (χ3n) is 6.78. The monoisotopic (exact) mass is 481 g/mol. The van der Waals surface area contributed by atoms with Crippen LogP contribution in [0.3, 0.4) is 0 Å². The Kier molecular flexibility index (Phi) is 6.04. The van der Waals surface area contributed by atoms with Crippen LogP contribution in [0.1, 0.15) is 31.5 Å². The van der Waals surface area contributed by atoms with Gasteiger partial charge in [-0.3, -0.25) is 9.59 Å². The number of halogens is 3. The number of rotatable bonds is 3. The standard InChI is InChI=1S/C21H26F3N7O3/c22-21(23,24)20-26-25-16-3-4-17(27-31(16)20)28-7-5-14(6-8-28)18(32)29-9-11-30(12-10-29)19(33)15-2-1-13-34-15/h3-4,14-15H,1-2,5-13H2. The minimum atomic E-state index is -4.65. The fourth-order valence-corrected chi connectivity index (χ4v) is 4.86. The van der Waals surface area contributed by atoms with E-state index in [1.165, 1.54) is 6.07 Å². The molecule has 13 heteroatoms. The zero-order chi connectivity index (χ0) is 23.9.